The highest BCUT2D eigenvalue weighted by atomic mass is 32.2. The first kappa shape index (κ1) is 14.7. The van der Waals surface area contributed by atoms with Gasteiger partial charge >= 0.3 is 5.97 Å². The largest absolute Gasteiger partial charge is 0.481 e. The number of carboxylic acids is 1. The molecule has 0 aromatic heterocycles. The van der Waals surface area contributed by atoms with Gasteiger partial charge in [0.1, 0.15) is 5.75 Å². The summed E-state index contributed by atoms with van der Waals surface area (Å²) in [7, 11) is 1.61. The number of thioether (sulfide) groups is 1. The second kappa shape index (κ2) is 6.17. The van der Waals surface area contributed by atoms with Crippen molar-refractivity contribution in [2.75, 3.05) is 19.3 Å². The summed E-state index contributed by atoms with van der Waals surface area (Å²) in [5.41, 5.74) is 0. The van der Waals surface area contributed by atoms with Gasteiger partial charge in [0.15, 0.2) is 6.10 Å². The molecule has 0 saturated carbocycles. The van der Waals surface area contributed by atoms with Crippen molar-refractivity contribution in [3.05, 3.63) is 24.3 Å². The Morgan fingerprint density at radius 3 is 2.90 bits per heavy atom. The van der Waals surface area contributed by atoms with Crippen LogP contribution in [-0.4, -0.2) is 47.3 Å². The van der Waals surface area contributed by atoms with Crippen LogP contribution in [0, 0.1) is 5.92 Å². The molecule has 0 fully saturated rings. The van der Waals surface area contributed by atoms with Gasteiger partial charge < -0.3 is 14.7 Å². The zero-order valence-electron chi connectivity index (χ0n) is 11.4. The predicted octanol–water partition coefficient (Wildman–Crippen LogP) is 1.72. The summed E-state index contributed by atoms with van der Waals surface area (Å²) >= 11 is 1.58. The quantitative estimate of drug-likeness (QED) is 0.916. The number of aliphatic carboxylic acids is 1. The average molecular weight is 295 g/mol. The number of likely N-dealkylation sites (N-methyl/N-ethyl adjacent to an activating group) is 1. The van der Waals surface area contributed by atoms with Crippen LogP contribution in [0.15, 0.2) is 29.2 Å². The van der Waals surface area contributed by atoms with Crippen LogP contribution >= 0.6 is 11.8 Å². The molecule has 20 heavy (non-hydrogen) atoms. The number of hydrogen-bond donors (Lipinski definition) is 1. The van der Waals surface area contributed by atoms with Gasteiger partial charge in [-0.05, 0) is 12.1 Å². The van der Waals surface area contributed by atoms with Crippen LogP contribution in [0.1, 0.15) is 6.92 Å². The van der Waals surface area contributed by atoms with E-state index in [0.717, 1.165) is 4.90 Å². The Morgan fingerprint density at radius 1 is 1.50 bits per heavy atom. The van der Waals surface area contributed by atoms with Gasteiger partial charge in [0.2, 0.25) is 0 Å². The standard InChI is InChI=1S/C14H17NO4S/c1-9(14(17)18)7-15(2)13(16)11-8-20-12-6-4-3-5-10(12)19-11/h3-6,9,11H,7-8H2,1-2H3,(H,17,18). The van der Waals surface area contributed by atoms with E-state index in [2.05, 4.69) is 0 Å². The van der Waals surface area contributed by atoms with Crippen LogP contribution in [0.5, 0.6) is 5.75 Å². The van der Waals surface area contributed by atoms with E-state index in [1.54, 1.807) is 25.7 Å². The lowest BCUT2D eigenvalue weighted by Crippen LogP contribution is -2.44. The van der Waals surface area contributed by atoms with Crippen LogP contribution in [-0.2, 0) is 9.59 Å². The number of fused-ring (bicyclic) bond motifs is 1. The van der Waals surface area contributed by atoms with Crippen LogP contribution < -0.4 is 4.74 Å². The van der Waals surface area contributed by atoms with Gasteiger partial charge in [0.25, 0.3) is 5.91 Å². The van der Waals surface area contributed by atoms with E-state index in [1.807, 2.05) is 24.3 Å². The van der Waals surface area contributed by atoms with Crippen LogP contribution in [0.3, 0.4) is 0 Å². The van der Waals surface area contributed by atoms with E-state index in [1.165, 1.54) is 4.90 Å². The van der Waals surface area contributed by atoms with E-state index >= 15 is 0 Å². The SMILES string of the molecule is CC(CN(C)C(=O)C1CSc2ccccc2O1)C(=O)O. The minimum Gasteiger partial charge on any atom is -0.481 e. The molecule has 2 atom stereocenters. The summed E-state index contributed by atoms with van der Waals surface area (Å²) in [6, 6.07) is 7.58. The number of hydrogen-bond acceptors (Lipinski definition) is 4. The molecule has 1 heterocycles. The molecule has 1 aromatic carbocycles. The third-order valence-electron chi connectivity index (χ3n) is 3.13. The fraction of sp³-hybridized carbons (Fsp3) is 0.429. The van der Waals surface area contributed by atoms with Crippen molar-refractivity contribution in [1.29, 1.82) is 0 Å². The van der Waals surface area contributed by atoms with Crippen molar-refractivity contribution >= 4 is 23.6 Å². The molecule has 0 spiro atoms. The zero-order chi connectivity index (χ0) is 14.7. The molecule has 0 aliphatic carbocycles. The predicted molar refractivity (Wildman–Crippen MR) is 76.0 cm³/mol. The fourth-order valence-electron chi connectivity index (χ4n) is 1.97. The Bertz CT molecular complexity index is 520. The minimum atomic E-state index is -0.908. The molecule has 6 heteroatoms. The number of carbonyl (C=O) groups excluding carboxylic acids is 1. The van der Waals surface area contributed by atoms with E-state index < -0.39 is 18.0 Å². The van der Waals surface area contributed by atoms with Gasteiger partial charge in [0.05, 0.1) is 5.92 Å². The van der Waals surface area contributed by atoms with E-state index in [0.29, 0.717) is 11.5 Å². The molecule has 0 radical (unpaired) electrons. The maximum Gasteiger partial charge on any atom is 0.308 e. The molecule has 1 aliphatic heterocycles. The number of carbonyl (C=O) groups is 2. The Hall–Kier alpha value is -1.69. The molecular weight excluding hydrogens is 278 g/mol. The zero-order valence-corrected chi connectivity index (χ0v) is 12.2. The van der Waals surface area contributed by atoms with Gasteiger partial charge in [-0.1, -0.05) is 19.1 Å². The number of amides is 1. The lowest BCUT2D eigenvalue weighted by Gasteiger charge is -2.29. The summed E-state index contributed by atoms with van der Waals surface area (Å²) in [6.07, 6.45) is -0.555. The number of nitrogens with zero attached hydrogens (tertiary/aromatic N) is 1. The molecule has 5 nitrogen and oxygen atoms in total. The van der Waals surface area contributed by atoms with Crippen molar-refractivity contribution in [2.45, 2.75) is 17.9 Å². The van der Waals surface area contributed by atoms with Gasteiger partial charge in [-0.25, -0.2) is 0 Å². The molecule has 0 saturated heterocycles. The smallest absolute Gasteiger partial charge is 0.308 e. The van der Waals surface area contributed by atoms with Crippen molar-refractivity contribution in [3.8, 4) is 5.75 Å². The molecule has 1 amide bonds. The monoisotopic (exact) mass is 295 g/mol. The number of benzene rings is 1. The van der Waals surface area contributed by atoms with Crippen molar-refractivity contribution in [2.24, 2.45) is 5.92 Å². The molecule has 2 unspecified atom stereocenters. The van der Waals surface area contributed by atoms with Crippen molar-refractivity contribution < 1.29 is 19.4 Å². The van der Waals surface area contributed by atoms with E-state index in [-0.39, 0.29) is 12.5 Å². The third-order valence-corrected chi connectivity index (χ3v) is 4.25. The third kappa shape index (κ3) is 3.25. The second-order valence-electron chi connectivity index (χ2n) is 4.82. The average Bonchev–Trinajstić information content (AvgIpc) is 2.45. The van der Waals surface area contributed by atoms with E-state index in [9.17, 15) is 9.59 Å². The number of rotatable bonds is 4. The molecule has 108 valence electrons. The number of para-hydroxylation sites is 1. The lowest BCUT2D eigenvalue weighted by atomic mass is 10.1. The molecule has 2 rings (SSSR count). The highest BCUT2D eigenvalue weighted by Gasteiger charge is 2.30. The van der Waals surface area contributed by atoms with Crippen LogP contribution in [0.4, 0.5) is 0 Å². The summed E-state index contributed by atoms with van der Waals surface area (Å²) in [4.78, 5) is 25.5. The normalized spacial score (nSPS) is 18.6. The first-order chi connectivity index (χ1) is 9.49. The number of ether oxygens (including phenoxy) is 1. The maximum absolute atomic E-state index is 12.3. The summed E-state index contributed by atoms with van der Waals surface area (Å²) in [5, 5.41) is 8.88. The highest BCUT2D eigenvalue weighted by Crippen LogP contribution is 2.35. The summed E-state index contributed by atoms with van der Waals surface area (Å²) < 4.78 is 5.70. The molecule has 1 N–H and O–H groups in total. The van der Waals surface area contributed by atoms with E-state index in [4.69, 9.17) is 9.84 Å². The summed E-state index contributed by atoms with van der Waals surface area (Å²) in [5.74, 6) is -0.426. The molecule has 1 aromatic rings. The first-order valence-electron chi connectivity index (χ1n) is 6.35. The van der Waals surface area contributed by atoms with Crippen LogP contribution in [0.2, 0.25) is 0 Å². The molecule has 0 bridgehead atoms. The Balaban J connectivity index is 1.99. The van der Waals surface area contributed by atoms with Crippen molar-refractivity contribution in [1.82, 2.24) is 4.90 Å². The minimum absolute atomic E-state index is 0.180. The Labute approximate surface area is 121 Å². The number of carboxylic acid groups (broad SMARTS) is 1. The second-order valence-corrected chi connectivity index (χ2v) is 5.88. The lowest BCUT2D eigenvalue weighted by molar-refractivity contribution is -0.144. The van der Waals surface area contributed by atoms with Gasteiger partial charge in [0, 0.05) is 24.2 Å². The maximum atomic E-state index is 12.3. The molecule has 1 aliphatic rings. The highest BCUT2D eigenvalue weighted by molar-refractivity contribution is 7.99. The summed E-state index contributed by atoms with van der Waals surface area (Å²) in [6.45, 7) is 1.76. The van der Waals surface area contributed by atoms with Gasteiger partial charge in [-0.3, -0.25) is 9.59 Å². The topological polar surface area (TPSA) is 66.8 Å². The Kier molecular flexibility index (Phi) is 4.54. The van der Waals surface area contributed by atoms with Crippen LogP contribution in [0.25, 0.3) is 0 Å². The first-order valence-corrected chi connectivity index (χ1v) is 7.34. The van der Waals surface area contributed by atoms with Gasteiger partial charge in [-0.2, -0.15) is 0 Å². The van der Waals surface area contributed by atoms with Gasteiger partial charge in [-0.15, -0.1) is 11.8 Å². The molecular formula is C14H17NO4S. The fourth-order valence-corrected chi connectivity index (χ4v) is 2.94. The Morgan fingerprint density at radius 2 is 2.20 bits per heavy atom. The van der Waals surface area contributed by atoms with Crippen molar-refractivity contribution in [3.63, 3.8) is 0 Å².